The predicted molar refractivity (Wildman–Crippen MR) is 99.5 cm³/mol. The van der Waals surface area contributed by atoms with Crippen LogP contribution in [0.3, 0.4) is 0 Å². The summed E-state index contributed by atoms with van der Waals surface area (Å²) < 4.78 is 0. The normalized spacial score (nSPS) is 11.7. The van der Waals surface area contributed by atoms with Crippen molar-refractivity contribution in [3.63, 3.8) is 0 Å². The fraction of sp³-hybridized carbons (Fsp3) is 0.100. The summed E-state index contributed by atoms with van der Waals surface area (Å²) in [6.07, 6.45) is 0. The Kier molecular flexibility index (Phi) is 4.66. The summed E-state index contributed by atoms with van der Waals surface area (Å²) in [5.74, 6) is -0.214. The van der Waals surface area contributed by atoms with Gasteiger partial charge in [0.05, 0.1) is 6.04 Å². The van der Waals surface area contributed by atoms with E-state index in [9.17, 15) is 9.59 Å². The molecule has 4 N–H and O–H groups in total. The number of hydrogen-bond acceptors (Lipinski definition) is 2. The van der Waals surface area contributed by atoms with E-state index in [4.69, 9.17) is 5.73 Å². The number of amides is 3. The van der Waals surface area contributed by atoms with Crippen LogP contribution in [0.2, 0.25) is 0 Å². The lowest BCUT2D eigenvalue weighted by Gasteiger charge is -2.15. The molecule has 0 spiro atoms. The molecule has 126 valence electrons. The molecule has 0 fully saturated rings. The van der Waals surface area contributed by atoms with Crippen molar-refractivity contribution >= 4 is 28.4 Å². The van der Waals surface area contributed by atoms with Gasteiger partial charge in [-0.25, -0.2) is 4.79 Å². The fourth-order valence-corrected chi connectivity index (χ4v) is 2.72. The van der Waals surface area contributed by atoms with Gasteiger partial charge in [0, 0.05) is 11.3 Å². The minimum Gasteiger partial charge on any atom is -0.351 e. The van der Waals surface area contributed by atoms with Gasteiger partial charge in [-0.05, 0) is 47.5 Å². The number of benzene rings is 3. The van der Waals surface area contributed by atoms with Crippen LogP contribution in [-0.2, 0) is 0 Å². The molecular weight excluding hydrogens is 314 g/mol. The molecule has 3 amide bonds. The molecular formula is C20H19N3O2. The van der Waals surface area contributed by atoms with Crippen molar-refractivity contribution in [1.82, 2.24) is 5.32 Å². The smallest absolute Gasteiger partial charge is 0.316 e. The predicted octanol–water partition coefficient (Wildman–Crippen LogP) is 3.82. The third-order valence-corrected chi connectivity index (χ3v) is 4.01. The van der Waals surface area contributed by atoms with Gasteiger partial charge in [-0.2, -0.15) is 0 Å². The van der Waals surface area contributed by atoms with Gasteiger partial charge < -0.3 is 16.4 Å². The number of carbonyl (C=O) groups is 2. The largest absolute Gasteiger partial charge is 0.351 e. The molecule has 0 aliphatic heterocycles. The molecule has 1 unspecified atom stereocenters. The number of nitrogens with two attached hydrogens (primary N) is 1. The van der Waals surface area contributed by atoms with Gasteiger partial charge in [-0.15, -0.1) is 0 Å². The van der Waals surface area contributed by atoms with Crippen LogP contribution in [0.5, 0.6) is 0 Å². The number of rotatable bonds is 4. The quantitative estimate of drug-likeness (QED) is 0.678. The summed E-state index contributed by atoms with van der Waals surface area (Å²) in [4.78, 5) is 23.4. The van der Waals surface area contributed by atoms with Gasteiger partial charge in [0.25, 0.3) is 5.91 Å². The van der Waals surface area contributed by atoms with E-state index in [1.54, 1.807) is 24.3 Å². The van der Waals surface area contributed by atoms with Crippen LogP contribution in [0.1, 0.15) is 28.9 Å². The van der Waals surface area contributed by atoms with E-state index < -0.39 is 6.03 Å². The van der Waals surface area contributed by atoms with Crippen molar-refractivity contribution < 1.29 is 9.59 Å². The van der Waals surface area contributed by atoms with Gasteiger partial charge in [0.15, 0.2) is 0 Å². The van der Waals surface area contributed by atoms with Crippen molar-refractivity contribution in [3.05, 3.63) is 77.9 Å². The van der Waals surface area contributed by atoms with Crippen LogP contribution in [0.25, 0.3) is 10.8 Å². The lowest BCUT2D eigenvalue weighted by Crippen LogP contribution is -2.27. The summed E-state index contributed by atoms with van der Waals surface area (Å²) in [6.45, 7) is 1.94. The maximum absolute atomic E-state index is 12.5. The Morgan fingerprint density at radius 3 is 2.44 bits per heavy atom. The average Bonchev–Trinajstić information content (AvgIpc) is 2.61. The Bertz CT molecular complexity index is 937. The Morgan fingerprint density at radius 2 is 1.68 bits per heavy atom. The Balaban J connectivity index is 1.76. The molecule has 0 heterocycles. The second kappa shape index (κ2) is 7.05. The third kappa shape index (κ3) is 3.95. The molecule has 0 radical (unpaired) electrons. The maximum atomic E-state index is 12.5. The summed E-state index contributed by atoms with van der Waals surface area (Å²) in [5, 5.41) is 7.73. The molecule has 0 aromatic heterocycles. The second-order valence-electron chi connectivity index (χ2n) is 5.87. The summed E-state index contributed by atoms with van der Waals surface area (Å²) in [7, 11) is 0. The van der Waals surface area contributed by atoms with Crippen molar-refractivity contribution in [2.24, 2.45) is 5.73 Å². The highest BCUT2D eigenvalue weighted by Crippen LogP contribution is 2.21. The number of urea groups is 1. The highest BCUT2D eigenvalue weighted by molar-refractivity contribution is 5.97. The Labute approximate surface area is 145 Å². The zero-order valence-corrected chi connectivity index (χ0v) is 13.8. The van der Waals surface area contributed by atoms with Crippen molar-refractivity contribution in [2.45, 2.75) is 13.0 Å². The van der Waals surface area contributed by atoms with Gasteiger partial charge in [0.2, 0.25) is 0 Å². The van der Waals surface area contributed by atoms with Crippen LogP contribution in [-0.4, -0.2) is 11.9 Å². The summed E-state index contributed by atoms with van der Waals surface area (Å²) in [5.41, 5.74) is 7.07. The van der Waals surface area contributed by atoms with E-state index >= 15 is 0 Å². The molecule has 3 aromatic carbocycles. The molecule has 3 aromatic rings. The Morgan fingerprint density at radius 1 is 0.920 bits per heavy atom. The number of primary amides is 1. The molecule has 0 aliphatic rings. The zero-order valence-electron chi connectivity index (χ0n) is 13.8. The minimum atomic E-state index is -0.665. The number of hydrogen-bond donors (Lipinski definition) is 3. The van der Waals surface area contributed by atoms with E-state index in [2.05, 4.69) is 22.8 Å². The van der Waals surface area contributed by atoms with Crippen molar-refractivity contribution in [1.29, 1.82) is 0 Å². The highest BCUT2D eigenvalue weighted by Gasteiger charge is 2.12. The maximum Gasteiger partial charge on any atom is 0.316 e. The van der Waals surface area contributed by atoms with E-state index in [1.807, 2.05) is 37.3 Å². The molecule has 0 saturated heterocycles. The van der Waals surface area contributed by atoms with Crippen LogP contribution in [0, 0.1) is 0 Å². The van der Waals surface area contributed by atoms with Gasteiger partial charge in [-0.3, -0.25) is 4.79 Å². The number of carbonyl (C=O) groups excluding carboxylic acids is 2. The second-order valence-corrected chi connectivity index (χ2v) is 5.87. The van der Waals surface area contributed by atoms with Crippen molar-refractivity contribution in [2.75, 3.05) is 5.32 Å². The molecule has 0 bridgehead atoms. The number of anilines is 1. The topological polar surface area (TPSA) is 84.2 Å². The number of fused-ring (bicyclic) bond motifs is 1. The number of nitrogens with one attached hydrogen (secondary N) is 2. The molecule has 5 nitrogen and oxygen atoms in total. The highest BCUT2D eigenvalue weighted by atomic mass is 16.2. The van der Waals surface area contributed by atoms with E-state index in [0.29, 0.717) is 11.3 Å². The standard InChI is InChI=1S/C20H19N3O2/c1-13(15-10-9-14-5-2-3-6-16(14)11-15)22-19(24)17-7-4-8-18(12-17)23-20(21)25/h2-13H,1H3,(H,22,24)(H3,21,23,25). The lowest BCUT2D eigenvalue weighted by atomic mass is 10.0. The van der Waals surface area contributed by atoms with Crippen LogP contribution in [0.15, 0.2) is 66.7 Å². The fourth-order valence-electron chi connectivity index (χ4n) is 2.72. The first-order valence-electron chi connectivity index (χ1n) is 7.99. The Hall–Kier alpha value is -3.34. The molecule has 3 rings (SSSR count). The van der Waals surface area contributed by atoms with E-state index in [0.717, 1.165) is 16.3 Å². The monoisotopic (exact) mass is 333 g/mol. The van der Waals surface area contributed by atoms with Crippen molar-refractivity contribution in [3.8, 4) is 0 Å². The average molecular weight is 333 g/mol. The van der Waals surface area contributed by atoms with Crippen LogP contribution < -0.4 is 16.4 Å². The van der Waals surface area contributed by atoms with Gasteiger partial charge >= 0.3 is 6.03 Å². The van der Waals surface area contributed by atoms with Gasteiger partial charge in [0.1, 0.15) is 0 Å². The SMILES string of the molecule is CC(NC(=O)c1cccc(NC(N)=O)c1)c1ccc2ccccc2c1. The molecule has 5 heteroatoms. The lowest BCUT2D eigenvalue weighted by molar-refractivity contribution is 0.0940. The van der Waals surface area contributed by atoms with E-state index in [1.165, 1.54) is 0 Å². The summed E-state index contributed by atoms with van der Waals surface area (Å²) in [6, 6.07) is 20.1. The van der Waals surface area contributed by atoms with Crippen LogP contribution >= 0.6 is 0 Å². The molecule has 1 atom stereocenters. The molecule has 0 saturated carbocycles. The van der Waals surface area contributed by atoms with Gasteiger partial charge in [-0.1, -0.05) is 42.5 Å². The first-order valence-corrected chi connectivity index (χ1v) is 7.99. The first kappa shape index (κ1) is 16.5. The zero-order chi connectivity index (χ0) is 17.8. The molecule has 0 aliphatic carbocycles. The van der Waals surface area contributed by atoms with E-state index in [-0.39, 0.29) is 11.9 Å². The third-order valence-electron chi connectivity index (χ3n) is 4.01. The minimum absolute atomic E-state index is 0.148. The first-order chi connectivity index (χ1) is 12.0. The molecule has 25 heavy (non-hydrogen) atoms. The summed E-state index contributed by atoms with van der Waals surface area (Å²) >= 11 is 0. The van der Waals surface area contributed by atoms with Crippen LogP contribution in [0.4, 0.5) is 10.5 Å².